The van der Waals surface area contributed by atoms with E-state index in [0.717, 1.165) is 12.0 Å². The van der Waals surface area contributed by atoms with Crippen LogP contribution in [-0.4, -0.2) is 60.4 Å². The number of nitrogens with one attached hydrogen (secondary N) is 3. The minimum atomic E-state index is -0.567. The average Bonchev–Trinajstić information content (AvgIpc) is 3.46. The number of rotatable bonds is 13. The van der Waals surface area contributed by atoms with Gasteiger partial charge in [-0.2, -0.15) is 0 Å². The van der Waals surface area contributed by atoms with Crippen LogP contribution >= 0.6 is 23.2 Å². The van der Waals surface area contributed by atoms with Gasteiger partial charge in [0.25, 0.3) is 0 Å². The van der Waals surface area contributed by atoms with E-state index >= 15 is 4.39 Å². The molecule has 1 amide bonds. The number of pyridine rings is 2. The second kappa shape index (κ2) is 15.2. The first-order chi connectivity index (χ1) is 22.2. The smallest absolute Gasteiger partial charge is 0.220 e. The maximum Gasteiger partial charge on any atom is 0.220 e. The van der Waals surface area contributed by atoms with Gasteiger partial charge in [-0.3, -0.25) is 9.78 Å². The fourth-order valence-corrected chi connectivity index (χ4v) is 6.09. The average molecular weight is 669 g/mol. The Kier molecular flexibility index (Phi) is 11.1. The van der Waals surface area contributed by atoms with Crippen molar-refractivity contribution >= 4 is 29.1 Å². The molecule has 1 aliphatic heterocycles. The van der Waals surface area contributed by atoms with Gasteiger partial charge >= 0.3 is 0 Å². The fourth-order valence-electron chi connectivity index (χ4n) is 5.44. The second-order valence-corrected chi connectivity index (χ2v) is 11.9. The number of aliphatic hydroxyl groups excluding tert-OH is 1. The van der Waals surface area contributed by atoms with Gasteiger partial charge < -0.3 is 30.5 Å². The van der Waals surface area contributed by atoms with E-state index in [1.54, 1.807) is 32.4 Å². The maximum absolute atomic E-state index is 15.3. The van der Waals surface area contributed by atoms with E-state index in [2.05, 4.69) is 20.9 Å². The molecule has 2 aromatic carbocycles. The molecule has 0 radical (unpaired) electrons. The Morgan fingerprint density at radius 2 is 1.83 bits per heavy atom. The highest BCUT2D eigenvalue weighted by molar-refractivity contribution is 6.39. The van der Waals surface area contributed by atoms with Crippen molar-refractivity contribution in [1.82, 2.24) is 25.9 Å². The van der Waals surface area contributed by atoms with E-state index < -0.39 is 11.9 Å². The third-order valence-electron chi connectivity index (χ3n) is 7.77. The number of methoxy groups -OCH3 is 2. The van der Waals surface area contributed by atoms with E-state index in [0.29, 0.717) is 86.9 Å². The Bertz CT molecular complexity index is 1720. The minimum Gasteiger partial charge on any atom is -0.496 e. The van der Waals surface area contributed by atoms with Crippen molar-refractivity contribution in [2.24, 2.45) is 0 Å². The molecule has 3 heterocycles. The number of nitrogens with zero attached hydrogens (tertiary/aromatic N) is 2. The standard InChI is InChI=1S/C34H36Cl2FN5O4/c1-19(43)15-38-18-26-27(37)13-21(14-29(26)45-2)33-32(36)24(11-12-40-33)23-5-4-6-25(31(23)35)28-9-7-20(34(42-28)46-3)16-39-17-22-8-10-30(44)41-22/h4-7,9,11-14,19,22,38-39,43H,8,10,15-18H2,1-3H3,(H,41,44)/t19-,22+/m0/s1. The van der Waals surface area contributed by atoms with Crippen molar-refractivity contribution in [3.05, 3.63) is 81.7 Å². The normalized spacial score (nSPS) is 15.1. The summed E-state index contributed by atoms with van der Waals surface area (Å²) in [5.74, 6) is 0.395. The number of carbonyl (C=O) groups is 1. The largest absolute Gasteiger partial charge is 0.496 e. The monoisotopic (exact) mass is 667 g/mol. The second-order valence-electron chi connectivity index (χ2n) is 11.1. The molecule has 0 saturated carbocycles. The van der Waals surface area contributed by atoms with Crippen molar-refractivity contribution in [2.45, 2.75) is 45.0 Å². The summed E-state index contributed by atoms with van der Waals surface area (Å²) >= 11 is 13.9. The van der Waals surface area contributed by atoms with Gasteiger partial charge in [0.15, 0.2) is 0 Å². The van der Waals surface area contributed by atoms with Crippen molar-refractivity contribution < 1.29 is 23.8 Å². The van der Waals surface area contributed by atoms with Gasteiger partial charge in [-0.1, -0.05) is 47.5 Å². The quantitative estimate of drug-likeness (QED) is 0.142. The maximum atomic E-state index is 15.3. The van der Waals surface area contributed by atoms with Crippen LogP contribution < -0.4 is 25.4 Å². The SMILES string of the molecule is COc1cc(-c2nccc(-c3cccc(-c4ccc(CNC[C@H]5CCC(=O)N5)c(OC)n4)c3Cl)c2Cl)cc(F)c1CNC[C@H](C)O. The van der Waals surface area contributed by atoms with Crippen LogP contribution in [0.1, 0.15) is 30.9 Å². The van der Waals surface area contributed by atoms with Gasteiger partial charge in [-0.25, -0.2) is 9.37 Å². The Labute approximate surface area is 277 Å². The highest BCUT2D eigenvalue weighted by atomic mass is 35.5. The molecule has 0 bridgehead atoms. The topological polar surface area (TPSA) is 118 Å². The lowest BCUT2D eigenvalue weighted by molar-refractivity contribution is -0.119. The fraction of sp³-hybridized carbons (Fsp3) is 0.324. The molecule has 12 heteroatoms. The van der Waals surface area contributed by atoms with Gasteiger partial charge in [0, 0.05) is 78.2 Å². The van der Waals surface area contributed by atoms with Gasteiger partial charge in [0.05, 0.1) is 41.8 Å². The molecule has 0 spiro atoms. The lowest BCUT2D eigenvalue weighted by atomic mass is 9.99. The molecule has 242 valence electrons. The Hall–Kier alpha value is -3.80. The molecule has 1 aliphatic rings. The first-order valence-corrected chi connectivity index (χ1v) is 15.7. The molecule has 0 unspecified atom stereocenters. The summed E-state index contributed by atoms with van der Waals surface area (Å²) in [6.07, 6.45) is 2.41. The minimum absolute atomic E-state index is 0.0836. The Morgan fingerprint density at radius 1 is 1.04 bits per heavy atom. The van der Waals surface area contributed by atoms with Crippen LogP contribution in [0, 0.1) is 5.82 Å². The molecule has 4 aromatic rings. The molecular weight excluding hydrogens is 632 g/mol. The molecule has 46 heavy (non-hydrogen) atoms. The number of aromatic nitrogens is 2. The summed E-state index contributed by atoms with van der Waals surface area (Å²) in [5.41, 5.74) is 4.60. The lowest BCUT2D eigenvalue weighted by Crippen LogP contribution is -2.35. The van der Waals surface area contributed by atoms with E-state index in [9.17, 15) is 9.90 Å². The first-order valence-electron chi connectivity index (χ1n) is 14.9. The van der Waals surface area contributed by atoms with Crippen molar-refractivity contribution in [3.8, 4) is 45.3 Å². The number of amides is 1. The molecule has 1 fully saturated rings. The number of aliphatic hydroxyl groups is 1. The van der Waals surface area contributed by atoms with E-state index in [-0.39, 0.29) is 18.5 Å². The zero-order valence-corrected chi connectivity index (χ0v) is 27.3. The third-order valence-corrected chi connectivity index (χ3v) is 8.56. The summed E-state index contributed by atoms with van der Waals surface area (Å²) in [7, 11) is 3.04. The molecule has 0 aliphatic carbocycles. The van der Waals surface area contributed by atoms with Crippen LogP contribution in [0.25, 0.3) is 33.6 Å². The number of carbonyl (C=O) groups excluding carboxylic acids is 1. The summed E-state index contributed by atoms with van der Waals surface area (Å²) in [6.45, 7) is 3.32. The summed E-state index contributed by atoms with van der Waals surface area (Å²) in [5, 5.41) is 19.6. The number of hydrogen-bond donors (Lipinski definition) is 4. The van der Waals surface area contributed by atoms with Crippen LogP contribution in [0.4, 0.5) is 4.39 Å². The Balaban J connectivity index is 1.41. The number of benzene rings is 2. The highest BCUT2D eigenvalue weighted by Gasteiger charge is 2.22. The van der Waals surface area contributed by atoms with E-state index in [4.69, 9.17) is 37.7 Å². The third kappa shape index (κ3) is 7.59. The molecule has 4 N–H and O–H groups in total. The van der Waals surface area contributed by atoms with Crippen molar-refractivity contribution in [1.29, 1.82) is 0 Å². The van der Waals surface area contributed by atoms with Crippen molar-refractivity contribution in [3.63, 3.8) is 0 Å². The number of hydrogen-bond acceptors (Lipinski definition) is 8. The van der Waals surface area contributed by atoms with Crippen molar-refractivity contribution in [2.75, 3.05) is 27.3 Å². The van der Waals surface area contributed by atoms with E-state index in [1.165, 1.54) is 13.2 Å². The predicted octanol–water partition coefficient (Wildman–Crippen LogP) is 5.78. The molecule has 5 rings (SSSR count). The number of halogens is 3. The lowest BCUT2D eigenvalue weighted by Gasteiger charge is -2.16. The highest BCUT2D eigenvalue weighted by Crippen LogP contribution is 2.42. The van der Waals surface area contributed by atoms with Gasteiger partial charge in [-0.15, -0.1) is 0 Å². The summed E-state index contributed by atoms with van der Waals surface area (Å²) in [6, 6.07) is 14.3. The van der Waals surface area contributed by atoms with Crippen LogP contribution in [0.2, 0.25) is 10.0 Å². The van der Waals surface area contributed by atoms with E-state index in [1.807, 2.05) is 30.3 Å². The molecule has 2 atom stereocenters. The van der Waals surface area contributed by atoms with Gasteiger partial charge in [-0.05, 0) is 37.6 Å². The molecule has 9 nitrogen and oxygen atoms in total. The zero-order valence-electron chi connectivity index (χ0n) is 25.8. The van der Waals surface area contributed by atoms with Crippen LogP contribution in [0.3, 0.4) is 0 Å². The van der Waals surface area contributed by atoms with Crippen LogP contribution in [-0.2, 0) is 17.9 Å². The van der Waals surface area contributed by atoms with Crippen LogP contribution in [0.5, 0.6) is 11.6 Å². The summed E-state index contributed by atoms with van der Waals surface area (Å²) in [4.78, 5) is 20.7. The summed E-state index contributed by atoms with van der Waals surface area (Å²) < 4.78 is 26.4. The Morgan fingerprint density at radius 3 is 2.54 bits per heavy atom. The first kappa shape index (κ1) is 33.6. The van der Waals surface area contributed by atoms with Crippen LogP contribution in [0.15, 0.2) is 54.7 Å². The molecular formula is C34H36Cl2FN5O4. The van der Waals surface area contributed by atoms with Gasteiger partial charge in [0.2, 0.25) is 11.8 Å². The van der Waals surface area contributed by atoms with Gasteiger partial charge in [0.1, 0.15) is 11.6 Å². The molecule has 1 saturated heterocycles. The predicted molar refractivity (Wildman–Crippen MR) is 178 cm³/mol. The number of ether oxygens (including phenoxy) is 2. The molecule has 2 aromatic heterocycles. The zero-order chi connectivity index (χ0) is 32.8.